The number of benzene rings is 1. The van der Waals surface area contributed by atoms with Crippen LogP contribution in [0.25, 0.3) is 0 Å². The first kappa shape index (κ1) is 13.1. The molecule has 1 aromatic heterocycles. The molecule has 106 valence electrons. The first-order valence-electron chi connectivity index (χ1n) is 6.93. The van der Waals surface area contributed by atoms with Crippen molar-refractivity contribution < 1.29 is 4.39 Å². The van der Waals surface area contributed by atoms with Gasteiger partial charge in [-0.05, 0) is 37.1 Å². The highest BCUT2D eigenvalue weighted by Crippen LogP contribution is 2.28. The number of fused-ring (bicyclic) bond motifs is 1. The summed E-state index contributed by atoms with van der Waals surface area (Å²) in [6.07, 6.45) is 2.51. The maximum absolute atomic E-state index is 13.4. The predicted octanol–water partition coefficient (Wildman–Crippen LogP) is 1.71. The minimum atomic E-state index is -0.217. The summed E-state index contributed by atoms with van der Waals surface area (Å²) in [5.74, 6) is 1.34. The Balaban J connectivity index is 1.91. The number of hydrogen-bond donors (Lipinski definition) is 2. The molecular weight excluding hydrogens is 257 g/mol. The number of hydrogen-bond acceptors (Lipinski definition) is 4. The Morgan fingerprint density at radius 2 is 2.35 bits per heavy atom. The largest absolute Gasteiger partial charge is 0.354 e. The van der Waals surface area contributed by atoms with Gasteiger partial charge in [-0.3, -0.25) is 0 Å². The molecular formula is C14H18FN5. The fourth-order valence-electron chi connectivity index (χ4n) is 2.54. The van der Waals surface area contributed by atoms with Gasteiger partial charge in [0.2, 0.25) is 5.95 Å². The van der Waals surface area contributed by atoms with Crippen molar-refractivity contribution in [2.24, 2.45) is 5.73 Å². The van der Waals surface area contributed by atoms with Crippen LogP contribution in [0.4, 0.5) is 10.3 Å². The van der Waals surface area contributed by atoms with Crippen LogP contribution in [-0.4, -0.2) is 27.9 Å². The summed E-state index contributed by atoms with van der Waals surface area (Å²) >= 11 is 0. The number of nitrogens with one attached hydrogen (secondary N) is 1. The van der Waals surface area contributed by atoms with Gasteiger partial charge in [-0.15, -0.1) is 0 Å². The first-order valence-corrected chi connectivity index (χ1v) is 6.93. The maximum Gasteiger partial charge on any atom is 0.221 e. The molecule has 2 aromatic rings. The number of rotatable bonds is 4. The molecule has 6 heteroatoms. The first-order chi connectivity index (χ1) is 9.78. The third-order valence-corrected chi connectivity index (χ3v) is 3.51. The van der Waals surface area contributed by atoms with E-state index in [1.807, 2.05) is 10.7 Å². The van der Waals surface area contributed by atoms with E-state index in [9.17, 15) is 4.39 Å². The average molecular weight is 275 g/mol. The zero-order valence-electron chi connectivity index (χ0n) is 11.2. The van der Waals surface area contributed by atoms with Crippen LogP contribution in [0.1, 0.15) is 30.3 Å². The molecule has 3 rings (SSSR count). The lowest BCUT2D eigenvalue weighted by Gasteiger charge is -2.24. The van der Waals surface area contributed by atoms with Gasteiger partial charge in [-0.25, -0.2) is 9.07 Å². The number of halogens is 1. The van der Waals surface area contributed by atoms with Gasteiger partial charge in [-0.1, -0.05) is 12.1 Å². The second-order valence-electron chi connectivity index (χ2n) is 4.97. The zero-order valence-corrected chi connectivity index (χ0v) is 11.2. The van der Waals surface area contributed by atoms with E-state index < -0.39 is 0 Å². The van der Waals surface area contributed by atoms with Gasteiger partial charge in [0, 0.05) is 13.0 Å². The summed E-state index contributed by atoms with van der Waals surface area (Å²) in [7, 11) is 0. The second-order valence-corrected chi connectivity index (χ2v) is 4.97. The second kappa shape index (κ2) is 5.58. The molecule has 20 heavy (non-hydrogen) atoms. The van der Waals surface area contributed by atoms with Gasteiger partial charge >= 0.3 is 0 Å². The van der Waals surface area contributed by atoms with Crippen molar-refractivity contribution in [1.82, 2.24) is 14.8 Å². The van der Waals surface area contributed by atoms with Crippen molar-refractivity contribution in [2.45, 2.75) is 25.3 Å². The molecule has 1 aliphatic rings. The van der Waals surface area contributed by atoms with Crippen LogP contribution in [-0.2, 0) is 6.42 Å². The topological polar surface area (TPSA) is 68.8 Å². The fraction of sp³-hybridized carbons (Fsp3) is 0.429. The molecule has 0 aliphatic carbocycles. The molecule has 0 amide bonds. The van der Waals surface area contributed by atoms with Gasteiger partial charge in [0.25, 0.3) is 0 Å². The SMILES string of the molecule is NCCCc1nc2n(n1)C(c1cccc(F)c1)CCN2. The van der Waals surface area contributed by atoms with E-state index in [2.05, 4.69) is 15.4 Å². The summed E-state index contributed by atoms with van der Waals surface area (Å²) in [6, 6.07) is 6.74. The molecule has 1 aliphatic heterocycles. The van der Waals surface area contributed by atoms with Crippen LogP contribution in [0.15, 0.2) is 24.3 Å². The van der Waals surface area contributed by atoms with E-state index in [1.165, 1.54) is 6.07 Å². The van der Waals surface area contributed by atoms with E-state index in [-0.39, 0.29) is 11.9 Å². The van der Waals surface area contributed by atoms with Crippen LogP contribution in [0, 0.1) is 5.82 Å². The highest BCUT2D eigenvalue weighted by Gasteiger charge is 2.24. The molecule has 2 heterocycles. The number of nitrogens with zero attached hydrogens (tertiary/aromatic N) is 3. The van der Waals surface area contributed by atoms with Crippen LogP contribution >= 0.6 is 0 Å². The van der Waals surface area contributed by atoms with E-state index in [0.717, 1.165) is 43.1 Å². The molecule has 0 saturated heterocycles. The summed E-state index contributed by atoms with van der Waals surface area (Å²) in [6.45, 7) is 1.45. The quantitative estimate of drug-likeness (QED) is 0.891. The Bertz CT molecular complexity index is 595. The van der Waals surface area contributed by atoms with E-state index in [1.54, 1.807) is 12.1 Å². The van der Waals surface area contributed by atoms with Crippen LogP contribution in [0.5, 0.6) is 0 Å². The number of nitrogens with two attached hydrogens (primary N) is 1. The van der Waals surface area contributed by atoms with Crippen LogP contribution in [0.2, 0.25) is 0 Å². The summed E-state index contributed by atoms with van der Waals surface area (Å²) in [5, 5.41) is 7.78. The van der Waals surface area contributed by atoms with Crippen molar-refractivity contribution in [3.63, 3.8) is 0 Å². The Kier molecular flexibility index (Phi) is 3.64. The van der Waals surface area contributed by atoms with Gasteiger partial charge in [0.1, 0.15) is 5.82 Å². The Hall–Kier alpha value is -1.95. The monoisotopic (exact) mass is 275 g/mol. The minimum absolute atomic E-state index is 0.0427. The fourth-order valence-corrected chi connectivity index (χ4v) is 2.54. The van der Waals surface area contributed by atoms with Crippen LogP contribution in [0.3, 0.4) is 0 Å². The van der Waals surface area contributed by atoms with Gasteiger partial charge in [0.05, 0.1) is 6.04 Å². The lowest BCUT2D eigenvalue weighted by molar-refractivity contribution is 0.474. The lowest BCUT2D eigenvalue weighted by atomic mass is 10.0. The highest BCUT2D eigenvalue weighted by molar-refractivity contribution is 5.33. The standard InChI is InChI=1S/C14H18FN5/c15-11-4-1-3-10(9-11)12-6-8-17-14-18-13(5-2-7-16)19-20(12)14/h1,3-4,9,12H,2,5-8,16H2,(H,17,18,19). The normalized spacial score (nSPS) is 17.6. The molecule has 0 radical (unpaired) electrons. The van der Waals surface area contributed by atoms with E-state index in [0.29, 0.717) is 6.54 Å². The molecule has 0 bridgehead atoms. The minimum Gasteiger partial charge on any atom is -0.354 e. The van der Waals surface area contributed by atoms with Gasteiger partial charge in [0.15, 0.2) is 5.82 Å². The number of aromatic nitrogens is 3. The Morgan fingerprint density at radius 3 is 3.15 bits per heavy atom. The predicted molar refractivity (Wildman–Crippen MR) is 75.0 cm³/mol. The molecule has 1 aromatic carbocycles. The van der Waals surface area contributed by atoms with Crippen molar-refractivity contribution in [3.8, 4) is 0 Å². The molecule has 0 spiro atoms. The summed E-state index contributed by atoms with van der Waals surface area (Å²) < 4.78 is 15.3. The Morgan fingerprint density at radius 1 is 1.45 bits per heavy atom. The molecule has 1 atom stereocenters. The van der Waals surface area contributed by atoms with Crippen molar-refractivity contribution in [3.05, 3.63) is 41.5 Å². The zero-order chi connectivity index (χ0) is 13.9. The molecule has 5 nitrogen and oxygen atoms in total. The smallest absolute Gasteiger partial charge is 0.221 e. The highest BCUT2D eigenvalue weighted by atomic mass is 19.1. The molecule has 0 fully saturated rings. The molecule has 0 saturated carbocycles. The van der Waals surface area contributed by atoms with E-state index >= 15 is 0 Å². The third-order valence-electron chi connectivity index (χ3n) is 3.51. The van der Waals surface area contributed by atoms with Crippen molar-refractivity contribution in [2.75, 3.05) is 18.4 Å². The van der Waals surface area contributed by atoms with Crippen molar-refractivity contribution in [1.29, 1.82) is 0 Å². The van der Waals surface area contributed by atoms with Crippen molar-refractivity contribution >= 4 is 5.95 Å². The van der Waals surface area contributed by atoms with Gasteiger partial charge < -0.3 is 11.1 Å². The van der Waals surface area contributed by atoms with E-state index in [4.69, 9.17) is 5.73 Å². The summed E-state index contributed by atoms with van der Waals surface area (Å²) in [4.78, 5) is 4.48. The third kappa shape index (κ3) is 2.51. The number of anilines is 1. The Labute approximate surface area is 117 Å². The lowest BCUT2D eigenvalue weighted by Crippen LogP contribution is -2.24. The van der Waals surface area contributed by atoms with Crippen LogP contribution < -0.4 is 11.1 Å². The number of aryl methyl sites for hydroxylation is 1. The van der Waals surface area contributed by atoms with Gasteiger partial charge in [-0.2, -0.15) is 10.1 Å². The maximum atomic E-state index is 13.4. The summed E-state index contributed by atoms with van der Waals surface area (Å²) in [5.41, 5.74) is 6.45. The average Bonchev–Trinajstić information content (AvgIpc) is 2.87. The molecule has 3 N–H and O–H groups in total. The molecule has 1 unspecified atom stereocenters.